The Balaban J connectivity index is 1.89. The second-order valence-corrected chi connectivity index (χ2v) is 5.72. The average Bonchev–Trinajstić information content (AvgIpc) is 2.55. The maximum Gasteiger partial charge on any atom is 0.229 e. The van der Waals surface area contributed by atoms with E-state index in [1.807, 2.05) is 0 Å². The van der Waals surface area contributed by atoms with Crippen LogP contribution in [-0.4, -0.2) is 62.7 Å². The Morgan fingerprint density at radius 3 is 2.65 bits per heavy atom. The Hall–Kier alpha value is -1.48. The first kappa shape index (κ1) is 16.4. The summed E-state index contributed by atoms with van der Waals surface area (Å²) in [6.45, 7) is -0.516. The summed E-state index contributed by atoms with van der Waals surface area (Å²) in [6.07, 6.45) is -5.15. The van der Waals surface area contributed by atoms with E-state index in [0.717, 1.165) is 0 Å². The fourth-order valence-electron chi connectivity index (χ4n) is 2.49. The number of aliphatic hydroxyl groups is 4. The maximum atomic E-state index is 10.0. The minimum atomic E-state index is -1.49. The molecule has 0 unspecified atom stereocenters. The van der Waals surface area contributed by atoms with E-state index in [1.165, 1.54) is 6.20 Å². The van der Waals surface area contributed by atoms with Crippen molar-refractivity contribution in [2.75, 3.05) is 6.61 Å². The molecule has 2 heterocycles. The summed E-state index contributed by atoms with van der Waals surface area (Å²) in [5.74, 6) is 0.371. The molecule has 1 aromatic carbocycles. The molecular formula is C15H16ClNO6. The average molecular weight is 342 g/mol. The van der Waals surface area contributed by atoms with E-state index in [2.05, 4.69) is 4.98 Å². The lowest BCUT2D eigenvalue weighted by Gasteiger charge is -2.39. The topological polar surface area (TPSA) is 112 Å². The number of halogens is 1. The molecule has 1 saturated heterocycles. The SMILES string of the molecule is OC[C@H]1O[C@@H](Oc2ccnc3cc(Cl)ccc23)[C@H](O)[C@@H](O)[C@@H]1O. The highest BCUT2D eigenvalue weighted by Gasteiger charge is 2.44. The Bertz CT molecular complexity index is 697. The Morgan fingerprint density at radius 2 is 1.91 bits per heavy atom. The first-order valence-corrected chi connectivity index (χ1v) is 7.40. The minimum Gasteiger partial charge on any atom is -0.461 e. The van der Waals surface area contributed by atoms with Crippen molar-refractivity contribution >= 4 is 22.5 Å². The third-order valence-corrected chi connectivity index (χ3v) is 3.99. The highest BCUT2D eigenvalue weighted by Crippen LogP contribution is 2.30. The number of nitrogens with zero attached hydrogens (tertiary/aromatic N) is 1. The van der Waals surface area contributed by atoms with Crippen LogP contribution in [0.1, 0.15) is 0 Å². The number of pyridine rings is 1. The summed E-state index contributed by atoms with van der Waals surface area (Å²) in [4.78, 5) is 4.18. The van der Waals surface area contributed by atoms with E-state index in [0.29, 0.717) is 21.7 Å². The summed E-state index contributed by atoms with van der Waals surface area (Å²) in [5, 5.41) is 39.9. The quantitative estimate of drug-likeness (QED) is 0.625. The van der Waals surface area contributed by atoms with E-state index in [9.17, 15) is 20.4 Å². The third kappa shape index (κ3) is 3.12. The van der Waals surface area contributed by atoms with E-state index in [-0.39, 0.29) is 0 Å². The molecule has 124 valence electrons. The van der Waals surface area contributed by atoms with Crippen LogP contribution < -0.4 is 4.74 Å². The van der Waals surface area contributed by atoms with E-state index >= 15 is 0 Å². The molecule has 1 fully saturated rings. The van der Waals surface area contributed by atoms with Gasteiger partial charge in [0, 0.05) is 16.6 Å². The molecule has 3 rings (SSSR count). The molecule has 0 spiro atoms. The van der Waals surface area contributed by atoms with E-state index in [1.54, 1.807) is 24.3 Å². The van der Waals surface area contributed by atoms with Gasteiger partial charge in [-0.3, -0.25) is 4.98 Å². The van der Waals surface area contributed by atoms with Gasteiger partial charge in [-0.1, -0.05) is 11.6 Å². The van der Waals surface area contributed by atoms with Crippen LogP contribution in [0.25, 0.3) is 10.9 Å². The number of fused-ring (bicyclic) bond motifs is 1. The van der Waals surface area contributed by atoms with Gasteiger partial charge >= 0.3 is 0 Å². The molecule has 7 nitrogen and oxygen atoms in total. The van der Waals surface area contributed by atoms with Crippen molar-refractivity contribution in [1.29, 1.82) is 0 Å². The number of hydrogen-bond donors (Lipinski definition) is 4. The highest BCUT2D eigenvalue weighted by atomic mass is 35.5. The van der Waals surface area contributed by atoms with E-state index in [4.69, 9.17) is 21.1 Å². The number of benzene rings is 1. The largest absolute Gasteiger partial charge is 0.461 e. The second kappa shape index (κ2) is 6.56. The second-order valence-electron chi connectivity index (χ2n) is 5.29. The van der Waals surface area contributed by atoms with Crippen LogP contribution >= 0.6 is 11.6 Å². The predicted octanol–water partition coefficient (Wildman–Crippen LogP) is 0.0669. The molecule has 8 heteroatoms. The molecule has 0 saturated carbocycles. The van der Waals surface area contributed by atoms with Crippen molar-refractivity contribution in [3.8, 4) is 5.75 Å². The number of rotatable bonds is 3. The van der Waals surface area contributed by atoms with Gasteiger partial charge in [0.2, 0.25) is 6.29 Å². The Labute approximate surface area is 136 Å². The lowest BCUT2D eigenvalue weighted by Crippen LogP contribution is -2.60. The molecule has 0 aliphatic carbocycles. The summed E-state index contributed by atoms with van der Waals surface area (Å²) in [5.41, 5.74) is 0.597. The fraction of sp³-hybridized carbons (Fsp3) is 0.400. The van der Waals surface area contributed by atoms with Crippen molar-refractivity contribution in [2.24, 2.45) is 0 Å². The van der Waals surface area contributed by atoms with Crippen LogP contribution in [0.2, 0.25) is 5.02 Å². The van der Waals surface area contributed by atoms with Gasteiger partial charge < -0.3 is 29.9 Å². The van der Waals surface area contributed by atoms with Gasteiger partial charge in [-0.15, -0.1) is 0 Å². The zero-order valence-corrected chi connectivity index (χ0v) is 12.7. The third-order valence-electron chi connectivity index (χ3n) is 3.76. The number of aromatic nitrogens is 1. The minimum absolute atomic E-state index is 0.371. The lowest BCUT2D eigenvalue weighted by atomic mass is 9.99. The van der Waals surface area contributed by atoms with Gasteiger partial charge in [-0.05, 0) is 24.3 Å². The van der Waals surface area contributed by atoms with Gasteiger partial charge in [-0.2, -0.15) is 0 Å². The predicted molar refractivity (Wildman–Crippen MR) is 81.1 cm³/mol. The van der Waals surface area contributed by atoms with Crippen LogP contribution in [0.5, 0.6) is 5.75 Å². The van der Waals surface area contributed by atoms with Crippen LogP contribution in [0, 0.1) is 0 Å². The van der Waals surface area contributed by atoms with Crippen molar-refractivity contribution < 1.29 is 29.9 Å². The lowest BCUT2D eigenvalue weighted by molar-refractivity contribution is -0.277. The van der Waals surface area contributed by atoms with Gasteiger partial charge in [0.05, 0.1) is 12.1 Å². The molecule has 1 aromatic heterocycles. The van der Waals surface area contributed by atoms with Crippen LogP contribution in [-0.2, 0) is 4.74 Å². The Kier molecular flexibility index (Phi) is 4.67. The zero-order valence-electron chi connectivity index (χ0n) is 11.9. The molecule has 0 amide bonds. The van der Waals surface area contributed by atoms with Crippen molar-refractivity contribution in [3.63, 3.8) is 0 Å². The molecular weight excluding hydrogens is 326 g/mol. The molecule has 2 aromatic rings. The van der Waals surface area contributed by atoms with Gasteiger partial charge in [0.25, 0.3) is 0 Å². The zero-order chi connectivity index (χ0) is 16.6. The maximum absolute atomic E-state index is 10.0. The van der Waals surface area contributed by atoms with Crippen LogP contribution in [0.3, 0.4) is 0 Å². The summed E-state index contributed by atoms with van der Waals surface area (Å²) in [6, 6.07) is 6.63. The van der Waals surface area contributed by atoms with Crippen LogP contribution in [0.15, 0.2) is 30.5 Å². The molecule has 4 N–H and O–H groups in total. The highest BCUT2D eigenvalue weighted by molar-refractivity contribution is 6.31. The smallest absolute Gasteiger partial charge is 0.229 e. The first-order chi connectivity index (χ1) is 11.0. The van der Waals surface area contributed by atoms with Gasteiger partial charge in [0.1, 0.15) is 30.2 Å². The van der Waals surface area contributed by atoms with Crippen molar-refractivity contribution in [2.45, 2.75) is 30.7 Å². The Morgan fingerprint density at radius 1 is 1.13 bits per heavy atom. The molecule has 1 aliphatic rings. The molecule has 1 aliphatic heterocycles. The molecule has 5 atom stereocenters. The van der Waals surface area contributed by atoms with Crippen molar-refractivity contribution in [1.82, 2.24) is 4.98 Å². The molecule has 23 heavy (non-hydrogen) atoms. The number of aliphatic hydroxyl groups excluding tert-OH is 4. The molecule has 0 radical (unpaired) electrons. The molecule has 0 bridgehead atoms. The summed E-state index contributed by atoms with van der Waals surface area (Å²) >= 11 is 5.92. The first-order valence-electron chi connectivity index (χ1n) is 7.02. The summed E-state index contributed by atoms with van der Waals surface area (Å²) in [7, 11) is 0. The normalized spacial score (nSPS) is 31.3. The fourth-order valence-corrected chi connectivity index (χ4v) is 2.65. The summed E-state index contributed by atoms with van der Waals surface area (Å²) < 4.78 is 11.0. The van der Waals surface area contributed by atoms with E-state index < -0.39 is 37.3 Å². The monoisotopic (exact) mass is 341 g/mol. The van der Waals surface area contributed by atoms with Gasteiger partial charge in [0.15, 0.2) is 0 Å². The number of hydrogen-bond acceptors (Lipinski definition) is 7. The van der Waals surface area contributed by atoms with Gasteiger partial charge in [-0.25, -0.2) is 0 Å². The van der Waals surface area contributed by atoms with Crippen molar-refractivity contribution in [3.05, 3.63) is 35.5 Å². The standard InChI is InChI=1S/C15H16ClNO6/c16-7-1-2-8-9(5-7)17-4-3-10(8)22-15-14(21)13(20)12(19)11(6-18)23-15/h1-5,11-15,18-21H,6H2/t11-,12-,13+,14-,15-/m1/s1. The van der Waals surface area contributed by atoms with Crippen LogP contribution in [0.4, 0.5) is 0 Å². The number of ether oxygens (including phenoxy) is 2.